The Bertz CT molecular complexity index is 1070. The minimum atomic E-state index is -1.75. The molecule has 0 spiro atoms. The predicted molar refractivity (Wildman–Crippen MR) is 137 cm³/mol. The van der Waals surface area contributed by atoms with Crippen LogP contribution in [0.1, 0.15) is 39.2 Å². The van der Waals surface area contributed by atoms with Crippen LogP contribution in [0, 0.1) is 17.2 Å². The maximum absolute atomic E-state index is 14.2. The van der Waals surface area contributed by atoms with Gasteiger partial charge in [0.1, 0.15) is 60.4 Å². The van der Waals surface area contributed by atoms with Gasteiger partial charge in [-0.1, -0.05) is 20.8 Å². The Kier molecular flexibility index (Phi) is 8.71. The first-order valence-corrected chi connectivity index (χ1v) is 14.0. The van der Waals surface area contributed by atoms with Crippen molar-refractivity contribution in [1.29, 1.82) is 0 Å². The van der Waals surface area contributed by atoms with Gasteiger partial charge >= 0.3 is 0 Å². The number of hydrogen-bond donors (Lipinski definition) is 7. The zero-order valence-corrected chi connectivity index (χ0v) is 23.2. The van der Waals surface area contributed by atoms with E-state index in [1.807, 2.05) is 13.8 Å². The number of hydrogen-bond acceptors (Lipinski definition) is 12. The van der Waals surface area contributed by atoms with E-state index in [2.05, 4.69) is 6.92 Å². The van der Waals surface area contributed by atoms with Gasteiger partial charge in [-0.15, -0.1) is 0 Å². The van der Waals surface area contributed by atoms with Gasteiger partial charge in [-0.25, -0.2) is 4.39 Å². The lowest BCUT2D eigenvalue weighted by Crippen LogP contribution is -2.65. The van der Waals surface area contributed by atoms with Crippen LogP contribution in [-0.2, 0) is 24.4 Å². The molecule has 232 valence electrons. The Morgan fingerprint density at radius 2 is 1.49 bits per heavy atom. The smallest absolute Gasteiger partial charge is 0.187 e. The van der Waals surface area contributed by atoms with Gasteiger partial charge in [0.05, 0.1) is 25.9 Å². The highest BCUT2D eigenvalue weighted by molar-refractivity contribution is 5.43. The second kappa shape index (κ2) is 11.5. The first kappa shape index (κ1) is 31.0. The molecule has 41 heavy (non-hydrogen) atoms. The van der Waals surface area contributed by atoms with Crippen LogP contribution in [0.2, 0.25) is 0 Å². The second-order valence-corrected chi connectivity index (χ2v) is 12.4. The number of aliphatic hydroxyl groups is 7. The molecule has 0 aromatic heterocycles. The third kappa shape index (κ3) is 5.29. The monoisotopic (exact) mass is 588 g/mol. The second-order valence-electron chi connectivity index (χ2n) is 12.4. The number of aliphatic hydroxyl groups excluding tert-OH is 7. The first-order chi connectivity index (χ1) is 19.3. The molecule has 13 atom stereocenters. The van der Waals surface area contributed by atoms with Crippen LogP contribution in [0.15, 0.2) is 18.2 Å². The number of rotatable bonds is 6. The molecule has 1 aliphatic carbocycles. The predicted octanol–water partition coefficient (Wildman–Crippen LogP) is -1.08. The maximum Gasteiger partial charge on any atom is 0.187 e. The summed E-state index contributed by atoms with van der Waals surface area (Å²) in [5, 5.41) is 71.9. The summed E-state index contributed by atoms with van der Waals surface area (Å²) in [4.78, 5) is 0. The van der Waals surface area contributed by atoms with Crippen molar-refractivity contribution in [3.63, 3.8) is 0 Å². The Morgan fingerprint density at radius 1 is 0.854 bits per heavy atom. The summed E-state index contributed by atoms with van der Waals surface area (Å²) in [6.45, 7) is 5.15. The Hall–Kier alpha value is -1.49. The van der Waals surface area contributed by atoms with Crippen LogP contribution in [-0.4, -0.2) is 123 Å². The Balaban J connectivity index is 1.30. The SMILES string of the molecule is CC1(C)[C@@H](O[C@@H]2O[C@H](CO)[C@@H](O[C@H]3O[C@H](CO)[C@@H](O)[C@H](O)[C@H]3O)[C@H](O)[C@H]2O)CC[C@]2(C)c3cc(F)ccc3OC[C@H]12. The average Bonchev–Trinajstić information content (AvgIpc) is 2.94. The van der Waals surface area contributed by atoms with Crippen molar-refractivity contribution < 1.29 is 63.8 Å². The third-order valence-electron chi connectivity index (χ3n) is 9.64. The fourth-order valence-electron chi connectivity index (χ4n) is 7.06. The van der Waals surface area contributed by atoms with Gasteiger partial charge in [0.2, 0.25) is 0 Å². The molecular formula is C28H41FO12. The lowest BCUT2D eigenvalue weighted by molar-refractivity contribution is -0.367. The van der Waals surface area contributed by atoms with Gasteiger partial charge in [0.15, 0.2) is 12.6 Å². The zero-order chi connectivity index (χ0) is 29.9. The third-order valence-corrected chi connectivity index (χ3v) is 9.64. The van der Waals surface area contributed by atoms with Crippen LogP contribution in [0.25, 0.3) is 0 Å². The largest absolute Gasteiger partial charge is 0.493 e. The number of fused-ring (bicyclic) bond motifs is 3. The summed E-state index contributed by atoms with van der Waals surface area (Å²) in [7, 11) is 0. The van der Waals surface area contributed by atoms with Crippen LogP contribution < -0.4 is 4.74 Å². The summed E-state index contributed by atoms with van der Waals surface area (Å²) in [5.74, 6) is 0.240. The van der Waals surface area contributed by atoms with Crippen molar-refractivity contribution in [2.24, 2.45) is 11.3 Å². The molecular weight excluding hydrogens is 547 g/mol. The lowest BCUT2D eigenvalue weighted by atomic mass is 9.52. The highest BCUT2D eigenvalue weighted by Gasteiger charge is 2.57. The van der Waals surface area contributed by atoms with Crippen LogP contribution in [0.5, 0.6) is 5.75 Å². The first-order valence-electron chi connectivity index (χ1n) is 14.0. The van der Waals surface area contributed by atoms with Gasteiger partial charge in [0.25, 0.3) is 0 Å². The molecule has 1 saturated carbocycles. The van der Waals surface area contributed by atoms with Crippen LogP contribution in [0.3, 0.4) is 0 Å². The molecule has 0 radical (unpaired) electrons. The van der Waals surface area contributed by atoms with E-state index in [0.717, 1.165) is 5.56 Å². The summed E-state index contributed by atoms with van der Waals surface area (Å²) in [6, 6.07) is 4.54. The summed E-state index contributed by atoms with van der Waals surface area (Å²) in [6.07, 6.45) is -14.5. The lowest BCUT2D eigenvalue weighted by Gasteiger charge is -2.57. The highest BCUT2D eigenvalue weighted by Crippen LogP contribution is 2.57. The quantitative estimate of drug-likeness (QED) is 0.213. The Morgan fingerprint density at radius 3 is 2.17 bits per heavy atom. The van der Waals surface area contributed by atoms with Crippen molar-refractivity contribution in [2.75, 3.05) is 19.8 Å². The van der Waals surface area contributed by atoms with Crippen molar-refractivity contribution in [3.05, 3.63) is 29.6 Å². The van der Waals surface area contributed by atoms with E-state index < -0.39 is 86.1 Å². The van der Waals surface area contributed by atoms with Gasteiger partial charge in [-0.05, 0) is 36.5 Å². The fraction of sp³-hybridized carbons (Fsp3) is 0.786. The standard InChI is InChI=1S/C28H41FO12/c1-27(2)17-11-37-14-5-4-12(29)8-13(14)28(17,3)7-6-18(27)40-25-23(36)21(34)24(16(10-31)39-25)41-26-22(35)20(33)19(32)15(9-30)38-26/h4-5,8,15-26,30-36H,6-7,9-11H2,1-3H3/t15-,16-,17-,18+,19-,20+,21-,22-,23-,24-,25+,26-,28-/m1/s1. The Labute approximate surface area is 237 Å². The zero-order valence-electron chi connectivity index (χ0n) is 23.2. The summed E-state index contributed by atoms with van der Waals surface area (Å²) < 4.78 is 43.3. The molecule has 12 nitrogen and oxygen atoms in total. The molecule has 0 amide bonds. The molecule has 3 fully saturated rings. The molecule has 0 unspecified atom stereocenters. The minimum Gasteiger partial charge on any atom is -0.493 e. The molecule has 1 aromatic carbocycles. The molecule has 4 aliphatic rings. The number of ether oxygens (including phenoxy) is 5. The van der Waals surface area contributed by atoms with Crippen molar-refractivity contribution in [1.82, 2.24) is 0 Å². The van der Waals surface area contributed by atoms with Gasteiger partial charge in [0, 0.05) is 16.9 Å². The molecule has 7 N–H and O–H groups in total. The van der Waals surface area contributed by atoms with Crippen molar-refractivity contribution >= 4 is 0 Å². The van der Waals surface area contributed by atoms with E-state index in [-0.39, 0.29) is 17.2 Å². The average molecular weight is 589 g/mol. The molecule has 1 aromatic rings. The normalized spacial score (nSPS) is 45.8. The maximum atomic E-state index is 14.2. The van der Waals surface area contributed by atoms with Crippen LogP contribution in [0.4, 0.5) is 4.39 Å². The molecule has 5 rings (SSSR count). The molecule has 0 bridgehead atoms. The van der Waals surface area contributed by atoms with E-state index in [9.17, 15) is 40.1 Å². The van der Waals surface area contributed by atoms with Gasteiger partial charge < -0.3 is 59.4 Å². The molecule has 3 aliphatic heterocycles. The van der Waals surface area contributed by atoms with E-state index in [1.54, 1.807) is 6.07 Å². The van der Waals surface area contributed by atoms with Crippen molar-refractivity contribution in [2.45, 2.75) is 107 Å². The highest BCUT2D eigenvalue weighted by atomic mass is 19.1. The number of benzene rings is 1. The molecule has 2 saturated heterocycles. The van der Waals surface area contributed by atoms with E-state index in [4.69, 9.17) is 23.7 Å². The van der Waals surface area contributed by atoms with E-state index in [1.165, 1.54) is 12.1 Å². The minimum absolute atomic E-state index is 0.0791. The van der Waals surface area contributed by atoms with E-state index >= 15 is 0 Å². The van der Waals surface area contributed by atoms with Gasteiger partial charge in [-0.3, -0.25) is 0 Å². The molecule has 13 heteroatoms. The topological polar surface area (TPSA) is 188 Å². The fourth-order valence-corrected chi connectivity index (χ4v) is 7.06. The summed E-state index contributed by atoms with van der Waals surface area (Å²) >= 11 is 0. The van der Waals surface area contributed by atoms with Crippen molar-refractivity contribution in [3.8, 4) is 5.75 Å². The number of halogens is 1. The van der Waals surface area contributed by atoms with Crippen LogP contribution >= 0.6 is 0 Å². The molecule has 3 heterocycles. The van der Waals surface area contributed by atoms with E-state index in [0.29, 0.717) is 25.2 Å². The van der Waals surface area contributed by atoms with Gasteiger partial charge in [-0.2, -0.15) is 0 Å². The summed E-state index contributed by atoms with van der Waals surface area (Å²) in [5.41, 5.74) is -0.121.